The van der Waals surface area contributed by atoms with E-state index < -0.39 is 11.9 Å². The third kappa shape index (κ3) is 3.27. The highest BCUT2D eigenvalue weighted by Crippen LogP contribution is 2.36. The number of aromatic carboxylic acids is 1. The summed E-state index contributed by atoms with van der Waals surface area (Å²) in [7, 11) is 0. The van der Waals surface area contributed by atoms with E-state index in [0.29, 0.717) is 21.9 Å². The Balaban J connectivity index is 1.68. The summed E-state index contributed by atoms with van der Waals surface area (Å²) in [5, 5.41) is 14.8. The topological polar surface area (TPSA) is 96.6 Å². The predicted molar refractivity (Wildman–Crippen MR) is 103 cm³/mol. The molecule has 0 atom stereocenters. The fourth-order valence-electron chi connectivity index (χ4n) is 2.61. The van der Waals surface area contributed by atoms with Gasteiger partial charge in [-0.15, -0.1) is 11.3 Å². The number of halogens is 1. The summed E-state index contributed by atoms with van der Waals surface area (Å²) < 4.78 is 1.61. The van der Waals surface area contributed by atoms with E-state index in [9.17, 15) is 14.7 Å². The van der Waals surface area contributed by atoms with Crippen LogP contribution in [0.5, 0.6) is 0 Å². The van der Waals surface area contributed by atoms with Gasteiger partial charge in [0, 0.05) is 34.6 Å². The van der Waals surface area contributed by atoms with Crippen molar-refractivity contribution in [1.29, 1.82) is 0 Å². The van der Waals surface area contributed by atoms with E-state index in [-0.39, 0.29) is 16.3 Å². The number of aromatic nitrogens is 3. The first-order valence-corrected chi connectivity index (χ1v) is 9.00. The van der Waals surface area contributed by atoms with E-state index in [0.717, 1.165) is 11.3 Å². The number of amides is 1. The summed E-state index contributed by atoms with van der Waals surface area (Å²) in [5.74, 6) is -1.25. The lowest BCUT2D eigenvalue weighted by molar-refractivity contribution is 0.0699. The molecule has 0 aliphatic rings. The van der Waals surface area contributed by atoms with Crippen molar-refractivity contribution in [2.24, 2.45) is 0 Å². The molecule has 1 aromatic carbocycles. The number of nitrogens with one attached hydrogen (secondary N) is 1. The maximum atomic E-state index is 12.5. The molecule has 3 aromatic heterocycles. The van der Waals surface area contributed by atoms with Crippen molar-refractivity contribution in [3.05, 3.63) is 70.6 Å². The summed E-state index contributed by atoms with van der Waals surface area (Å²) in [6.45, 7) is 0. The molecule has 0 unspecified atom stereocenters. The Labute approximate surface area is 161 Å². The Bertz CT molecular complexity index is 1130. The van der Waals surface area contributed by atoms with Crippen molar-refractivity contribution in [3.8, 4) is 11.1 Å². The number of nitrogens with zero attached hydrogens (tertiary/aromatic N) is 3. The smallest absolute Gasteiger partial charge is 0.339 e. The lowest BCUT2D eigenvalue weighted by atomic mass is 10.0. The van der Waals surface area contributed by atoms with E-state index in [1.54, 1.807) is 52.5 Å². The Kier molecular flexibility index (Phi) is 4.35. The van der Waals surface area contributed by atoms with Crippen molar-refractivity contribution in [2.75, 3.05) is 5.32 Å². The van der Waals surface area contributed by atoms with Gasteiger partial charge in [-0.2, -0.15) is 0 Å². The fraction of sp³-hybridized carbons (Fsp3) is 0. The van der Waals surface area contributed by atoms with Gasteiger partial charge < -0.3 is 10.4 Å². The van der Waals surface area contributed by atoms with Gasteiger partial charge in [0.2, 0.25) is 5.78 Å². The van der Waals surface area contributed by atoms with Crippen LogP contribution in [0.25, 0.3) is 16.9 Å². The number of anilines is 1. The van der Waals surface area contributed by atoms with Gasteiger partial charge in [-0.3, -0.25) is 9.20 Å². The highest BCUT2D eigenvalue weighted by molar-refractivity contribution is 7.15. The molecule has 7 nitrogen and oxygen atoms in total. The zero-order chi connectivity index (χ0) is 19.0. The van der Waals surface area contributed by atoms with E-state index in [1.807, 2.05) is 0 Å². The third-order valence-electron chi connectivity index (χ3n) is 3.86. The average molecular weight is 399 g/mol. The minimum absolute atomic E-state index is 0.0255. The number of carboxylic acids is 1. The quantitative estimate of drug-likeness (QED) is 0.540. The highest BCUT2D eigenvalue weighted by atomic mass is 35.5. The summed E-state index contributed by atoms with van der Waals surface area (Å²) in [6.07, 6.45) is 4.83. The van der Waals surface area contributed by atoms with Crippen LogP contribution >= 0.6 is 22.9 Å². The SMILES string of the molecule is O=C(Nc1scc(-c2ccc(Cl)cc2)c1C(=O)O)c1cn2cccnc2n1. The minimum atomic E-state index is -1.13. The van der Waals surface area contributed by atoms with Crippen molar-refractivity contribution in [1.82, 2.24) is 14.4 Å². The normalized spacial score (nSPS) is 10.9. The largest absolute Gasteiger partial charge is 0.478 e. The van der Waals surface area contributed by atoms with Gasteiger partial charge in [-0.25, -0.2) is 14.8 Å². The molecule has 0 aliphatic heterocycles. The summed E-state index contributed by atoms with van der Waals surface area (Å²) in [5.41, 5.74) is 1.38. The monoisotopic (exact) mass is 398 g/mol. The van der Waals surface area contributed by atoms with Crippen molar-refractivity contribution in [3.63, 3.8) is 0 Å². The third-order valence-corrected chi connectivity index (χ3v) is 5.00. The standard InChI is InChI=1S/C18H11ClN4O3S/c19-11-4-2-10(3-5-11)12-9-27-16(14(12)17(25)26)22-15(24)13-8-23-7-1-6-20-18(23)21-13/h1-9H,(H,22,24)(H,25,26). The molecule has 0 bridgehead atoms. The van der Waals surface area contributed by atoms with E-state index in [4.69, 9.17) is 11.6 Å². The first kappa shape index (κ1) is 17.2. The van der Waals surface area contributed by atoms with Gasteiger partial charge in [0.25, 0.3) is 5.91 Å². The first-order valence-electron chi connectivity index (χ1n) is 7.75. The van der Waals surface area contributed by atoms with Crippen LogP contribution in [-0.2, 0) is 0 Å². The molecule has 0 aliphatic carbocycles. The molecule has 0 spiro atoms. The number of hydrogen-bond donors (Lipinski definition) is 2. The predicted octanol–water partition coefficient (Wildman–Crippen LogP) is 4.06. The second-order valence-corrected chi connectivity index (χ2v) is 6.89. The highest BCUT2D eigenvalue weighted by Gasteiger charge is 2.22. The van der Waals surface area contributed by atoms with Gasteiger partial charge in [0.05, 0.1) is 0 Å². The number of thiophene rings is 1. The van der Waals surface area contributed by atoms with E-state index >= 15 is 0 Å². The zero-order valence-corrected chi connectivity index (χ0v) is 15.2. The summed E-state index contributed by atoms with van der Waals surface area (Å²) >= 11 is 7.03. The molecule has 134 valence electrons. The average Bonchev–Trinajstić information content (AvgIpc) is 3.26. The maximum Gasteiger partial charge on any atom is 0.339 e. The summed E-state index contributed by atoms with van der Waals surface area (Å²) in [4.78, 5) is 32.5. The van der Waals surface area contributed by atoms with Crippen LogP contribution in [-0.4, -0.2) is 31.4 Å². The molecule has 0 saturated carbocycles. The maximum absolute atomic E-state index is 12.5. The zero-order valence-electron chi connectivity index (χ0n) is 13.6. The molecule has 27 heavy (non-hydrogen) atoms. The lowest BCUT2D eigenvalue weighted by Crippen LogP contribution is -2.14. The molecule has 4 rings (SSSR count). The molecule has 9 heteroatoms. The number of hydrogen-bond acceptors (Lipinski definition) is 5. The number of rotatable bonds is 4. The number of carbonyl (C=O) groups is 2. The number of carbonyl (C=O) groups excluding carboxylic acids is 1. The van der Waals surface area contributed by atoms with Gasteiger partial charge >= 0.3 is 5.97 Å². The van der Waals surface area contributed by atoms with Crippen LogP contribution in [0.1, 0.15) is 20.8 Å². The van der Waals surface area contributed by atoms with E-state index in [2.05, 4.69) is 15.3 Å². The molecule has 1 amide bonds. The van der Waals surface area contributed by atoms with Crippen LogP contribution in [0.2, 0.25) is 5.02 Å². The van der Waals surface area contributed by atoms with Crippen LogP contribution < -0.4 is 5.32 Å². The van der Waals surface area contributed by atoms with Crippen molar-refractivity contribution in [2.45, 2.75) is 0 Å². The minimum Gasteiger partial charge on any atom is -0.478 e. The number of carboxylic acid groups (broad SMARTS) is 1. The Morgan fingerprint density at radius 2 is 2.00 bits per heavy atom. The Morgan fingerprint density at radius 1 is 1.22 bits per heavy atom. The van der Waals surface area contributed by atoms with Crippen LogP contribution in [0.3, 0.4) is 0 Å². The summed E-state index contributed by atoms with van der Waals surface area (Å²) in [6, 6.07) is 8.55. The number of benzene rings is 1. The fourth-order valence-corrected chi connectivity index (χ4v) is 3.69. The molecule has 0 radical (unpaired) electrons. The molecule has 4 aromatic rings. The lowest BCUT2D eigenvalue weighted by Gasteiger charge is -2.05. The van der Waals surface area contributed by atoms with Gasteiger partial charge in [0.15, 0.2) is 0 Å². The Morgan fingerprint density at radius 3 is 2.70 bits per heavy atom. The van der Waals surface area contributed by atoms with E-state index in [1.165, 1.54) is 6.20 Å². The second-order valence-electron chi connectivity index (χ2n) is 5.57. The van der Waals surface area contributed by atoms with Crippen LogP contribution in [0.15, 0.2) is 54.3 Å². The molecule has 0 fully saturated rings. The molecule has 3 heterocycles. The van der Waals surface area contributed by atoms with Crippen molar-refractivity contribution >= 4 is 45.6 Å². The molecular formula is C18H11ClN4O3S. The van der Waals surface area contributed by atoms with Gasteiger partial charge in [0.1, 0.15) is 16.3 Å². The molecule has 0 saturated heterocycles. The van der Waals surface area contributed by atoms with Crippen LogP contribution in [0.4, 0.5) is 5.00 Å². The van der Waals surface area contributed by atoms with Crippen LogP contribution in [0, 0.1) is 0 Å². The van der Waals surface area contributed by atoms with Gasteiger partial charge in [-0.1, -0.05) is 23.7 Å². The molecular weight excluding hydrogens is 388 g/mol. The van der Waals surface area contributed by atoms with Crippen molar-refractivity contribution < 1.29 is 14.7 Å². The molecule has 2 N–H and O–H groups in total. The van der Waals surface area contributed by atoms with Gasteiger partial charge in [-0.05, 0) is 23.8 Å². The second kappa shape index (κ2) is 6.82. The first-order chi connectivity index (χ1) is 13.0. The Hall–Kier alpha value is -3.23. The number of fused-ring (bicyclic) bond motifs is 1. The number of imidazole rings is 1.